The zero-order valence-electron chi connectivity index (χ0n) is 23.5. The number of thiazole rings is 1. The Morgan fingerprint density at radius 2 is 1.61 bits per heavy atom. The number of nitrogens with one attached hydrogen (secondary N) is 1. The lowest BCUT2D eigenvalue weighted by Crippen LogP contribution is -2.33. The van der Waals surface area contributed by atoms with Gasteiger partial charge in [-0.05, 0) is 58.8 Å². The Bertz CT molecular complexity index is 2110. The van der Waals surface area contributed by atoms with Crippen molar-refractivity contribution in [2.75, 3.05) is 10.2 Å². The fourth-order valence-corrected chi connectivity index (χ4v) is 9.01. The normalized spacial score (nSPS) is 19.3. The molecule has 0 spiro atoms. The third kappa shape index (κ3) is 5.35. The molecule has 1 fully saturated rings. The van der Waals surface area contributed by atoms with Crippen LogP contribution in [-0.2, 0) is 27.1 Å². The van der Waals surface area contributed by atoms with Crippen molar-refractivity contribution in [2.45, 2.75) is 28.9 Å². The Morgan fingerprint density at radius 3 is 2.35 bits per heavy atom. The second kappa shape index (κ2) is 11.6. The summed E-state index contributed by atoms with van der Waals surface area (Å²) in [6.45, 7) is -0.339. The van der Waals surface area contributed by atoms with Crippen molar-refractivity contribution in [3.63, 3.8) is 0 Å². The molecule has 0 bridgehead atoms. The Balaban J connectivity index is 1.26. The Labute approximate surface area is 276 Å². The lowest BCUT2D eigenvalue weighted by Gasteiger charge is -2.30. The van der Waals surface area contributed by atoms with E-state index in [0.717, 1.165) is 61.4 Å². The lowest BCUT2D eigenvalue weighted by atomic mass is 9.83. The van der Waals surface area contributed by atoms with Gasteiger partial charge in [-0.3, -0.25) is 23.7 Å². The van der Waals surface area contributed by atoms with Crippen molar-refractivity contribution < 1.29 is 27.6 Å². The molecule has 3 atom stereocenters. The number of thioether (sulfide) groups is 1. The third-order valence-electron chi connectivity index (χ3n) is 8.05. The first-order valence-corrected chi connectivity index (χ1v) is 16.5. The quantitative estimate of drug-likeness (QED) is 0.193. The number of nitrogens with zero attached hydrogens (tertiary/aromatic N) is 2. The Hall–Kier alpha value is -4.20. The third-order valence-corrected chi connectivity index (χ3v) is 11.2. The highest BCUT2D eigenvalue weighted by atomic mass is 79.9. The number of rotatable bonds is 5. The number of hydrogen-bond donors (Lipinski definition) is 1. The largest absolute Gasteiger partial charge is 0.416 e. The molecule has 0 saturated carbocycles. The maximum absolute atomic E-state index is 14.0. The van der Waals surface area contributed by atoms with Gasteiger partial charge in [-0.2, -0.15) is 13.2 Å². The van der Waals surface area contributed by atoms with Crippen LogP contribution in [0.5, 0.6) is 0 Å². The maximum atomic E-state index is 14.0. The van der Waals surface area contributed by atoms with Crippen LogP contribution in [0.25, 0.3) is 10.8 Å². The topological polar surface area (TPSA) is 88.5 Å². The van der Waals surface area contributed by atoms with E-state index in [2.05, 4.69) is 21.2 Å². The number of benzene rings is 4. The number of carbonyl (C=O) groups is 3. The van der Waals surface area contributed by atoms with Gasteiger partial charge in [0.15, 0.2) is 0 Å². The van der Waals surface area contributed by atoms with Gasteiger partial charge in [0.25, 0.3) is 0 Å². The summed E-state index contributed by atoms with van der Waals surface area (Å²) < 4.78 is 42.7. The van der Waals surface area contributed by atoms with E-state index in [9.17, 15) is 32.3 Å². The molecule has 3 heterocycles. The van der Waals surface area contributed by atoms with Crippen LogP contribution in [0.2, 0.25) is 0 Å². The van der Waals surface area contributed by atoms with Crippen LogP contribution >= 0.6 is 39.0 Å². The van der Waals surface area contributed by atoms with Gasteiger partial charge in [0.2, 0.25) is 17.7 Å². The van der Waals surface area contributed by atoms with Crippen LogP contribution in [0.15, 0.2) is 105 Å². The molecule has 7 rings (SSSR count). The minimum absolute atomic E-state index is 0.176. The molecule has 2 aliphatic heterocycles. The number of aromatic nitrogens is 1. The number of hydrogen-bond acceptors (Lipinski definition) is 6. The molecule has 0 aliphatic carbocycles. The molecule has 0 radical (unpaired) electrons. The van der Waals surface area contributed by atoms with E-state index in [1.165, 1.54) is 10.6 Å². The fourth-order valence-electron chi connectivity index (χ4n) is 5.97. The van der Waals surface area contributed by atoms with Gasteiger partial charge < -0.3 is 5.32 Å². The highest BCUT2D eigenvalue weighted by Crippen LogP contribution is 2.54. The molecule has 1 N–H and O–H groups in total. The number of halogens is 4. The summed E-state index contributed by atoms with van der Waals surface area (Å²) in [5.74, 6) is -3.53. The molecule has 232 valence electrons. The summed E-state index contributed by atoms with van der Waals surface area (Å²) in [5, 5.41) is 4.11. The van der Waals surface area contributed by atoms with E-state index in [1.54, 1.807) is 30.3 Å². The van der Waals surface area contributed by atoms with E-state index in [4.69, 9.17) is 0 Å². The van der Waals surface area contributed by atoms with Gasteiger partial charge >= 0.3 is 11.0 Å². The van der Waals surface area contributed by atoms with Crippen LogP contribution in [-0.4, -0.2) is 27.5 Å². The monoisotopic (exact) mass is 723 g/mol. The minimum Gasteiger partial charge on any atom is -0.325 e. The van der Waals surface area contributed by atoms with Crippen LogP contribution in [0.3, 0.4) is 0 Å². The summed E-state index contributed by atoms with van der Waals surface area (Å²) >= 11 is 5.29. The van der Waals surface area contributed by atoms with E-state index in [0.29, 0.717) is 21.2 Å². The van der Waals surface area contributed by atoms with Gasteiger partial charge in [0, 0.05) is 21.0 Å². The molecular formula is C33H21BrF3N3O4S2. The van der Waals surface area contributed by atoms with Crippen molar-refractivity contribution in [3.8, 4) is 0 Å². The van der Waals surface area contributed by atoms with Crippen molar-refractivity contribution in [2.24, 2.45) is 5.92 Å². The fraction of sp³-hybridized carbons (Fsp3) is 0.152. The van der Waals surface area contributed by atoms with Crippen LogP contribution < -0.4 is 15.1 Å². The molecule has 0 unspecified atom stereocenters. The predicted molar refractivity (Wildman–Crippen MR) is 174 cm³/mol. The van der Waals surface area contributed by atoms with Gasteiger partial charge in [-0.1, -0.05) is 87.6 Å². The van der Waals surface area contributed by atoms with Gasteiger partial charge in [-0.25, -0.2) is 4.90 Å². The molecule has 5 aromatic rings. The highest BCUT2D eigenvalue weighted by molar-refractivity contribution is 9.10. The molecule has 3 amide bonds. The number of alkyl halides is 3. The smallest absolute Gasteiger partial charge is 0.325 e. The first kappa shape index (κ1) is 30.5. The van der Waals surface area contributed by atoms with Crippen LogP contribution in [0, 0.1) is 5.92 Å². The van der Waals surface area contributed by atoms with Crippen LogP contribution in [0.4, 0.5) is 24.5 Å². The Kier molecular flexibility index (Phi) is 7.65. The second-order valence-corrected chi connectivity index (χ2v) is 13.9. The van der Waals surface area contributed by atoms with Crippen molar-refractivity contribution in [1.82, 2.24) is 4.57 Å². The SMILES string of the molecule is O=C(Cn1c2c(sc1=O)[C@@H](c1ccc(Br)cc1)[C@@H]1C(=O)N(c3cccc(C(F)(F)F)c3)C(=O)[C@@H]1S2)Nc1ccc2ccccc2c1. The average molecular weight is 725 g/mol. The zero-order chi connectivity index (χ0) is 32.3. The zero-order valence-corrected chi connectivity index (χ0v) is 26.7. The maximum Gasteiger partial charge on any atom is 0.416 e. The molecule has 4 aromatic carbocycles. The van der Waals surface area contributed by atoms with Crippen molar-refractivity contribution >= 4 is 78.9 Å². The first-order valence-electron chi connectivity index (χ1n) is 14.0. The van der Waals surface area contributed by atoms with E-state index < -0.39 is 51.4 Å². The number of carbonyl (C=O) groups excluding carboxylic acids is 3. The van der Waals surface area contributed by atoms with E-state index in [1.807, 2.05) is 36.4 Å². The first-order chi connectivity index (χ1) is 22.0. The van der Waals surface area contributed by atoms with E-state index >= 15 is 0 Å². The number of amides is 3. The molecule has 46 heavy (non-hydrogen) atoms. The molecule has 1 saturated heterocycles. The summed E-state index contributed by atoms with van der Waals surface area (Å²) in [7, 11) is 0. The summed E-state index contributed by atoms with van der Waals surface area (Å²) in [5.41, 5.74) is 0.0447. The van der Waals surface area contributed by atoms with Gasteiger partial charge in [0.1, 0.15) is 11.8 Å². The number of fused-ring (bicyclic) bond motifs is 3. The molecule has 1 aromatic heterocycles. The average Bonchev–Trinajstić information content (AvgIpc) is 3.47. The Morgan fingerprint density at radius 1 is 0.870 bits per heavy atom. The highest BCUT2D eigenvalue weighted by Gasteiger charge is 2.57. The summed E-state index contributed by atoms with van der Waals surface area (Å²) in [6, 6.07) is 24.4. The number of anilines is 2. The predicted octanol–water partition coefficient (Wildman–Crippen LogP) is 7.28. The molecule has 7 nitrogen and oxygen atoms in total. The summed E-state index contributed by atoms with van der Waals surface area (Å²) in [6.07, 6.45) is -4.67. The van der Waals surface area contributed by atoms with Crippen LogP contribution in [0.1, 0.15) is 21.9 Å². The number of imide groups is 1. The minimum atomic E-state index is -4.67. The second-order valence-electron chi connectivity index (χ2n) is 10.9. The van der Waals surface area contributed by atoms with Gasteiger partial charge in [0.05, 0.1) is 22.2 Å². The molecule has 2 aliphatic rings. The lowest BCUT2D eigenvalue weighted by molar-refractivity contribution is -0.137. The van der Waals surface area contributed by atoms with E-state index in [-0.39, 0.29) is 12.2 Å². The molecular weight excluding hydrogens is 703 g/mol. The summed E-state index contributed by atoms with van der Waals surface area (Å²) in [4.78, 5) is 55.4. The van der Waals surface area contributed by atoms with Crippen molar-refractivity contribution in [3.05, 3.63) is 121 Å². The standard InChI is InChI=1S/C33H21BrF3N3O4S2/c34-21-11-8-18(9-12-21)25-26-27(30(43)40(29(26)42)23-7-3-6-20(15-23)33(35,36)37)45-31-28(25)46-32(44)39(31)16-24(41)38-22-13-10-17-4-1-2-5-19(17)14-22/h1-15,25-27H,16H2,(H,38,41)/t25-,26-,27+/m0/s1. The van der Waals surface area contributed by atoms with Crippen molar-refractivity contribution in [1.29, 1.82) is 0 Å². The van der Waals surface area contributed by atoms with Gasteiger partial charge in [-0.15, -0.1) is 0 Å². The molecule has 13 heteroatoms.